The highest BCUT2D eigenvalue weighted by Crippen LogP contribution is 2.51. The Balaban J connectivity index is 1.36. The number of rotatable bonds is 2. The lowest BCUT2D eigenvalue weighted by Gasteiger charge is -2.42. The summed E-state index contributed by atoms with van der Waals surface area (Å²) >= 11 is 0. The van der Waals surface area contributed by atoms with Crippen molar-refractivity contribution in [3.63, 3.8) is 0 Å². The molecule has 0 N–H and O–H groups in total. The molecule has 0 bridgehead atoms. The predicted octanol–water partition coefficient (Wildman–Crippen LogP) is 7.07. The van der Waals surface area contributed by atoms with Gasteiger partial charge in [-0.2, -0.15) is 0 Å². The van der Waals surface area contributed by atoms with Crippen LogP contribution in [0, 0.1) is 23.7 Å². The molecule has 2 aromatic rings. The standard InChI is InChI=1S/C27H34N2O2/c1-16-4-8-18(9-5-16)26-28-20-12-14-23-25-21(13-15-22(30-26)24(20)25)29(3)27(31-23)19-10-6-17(2)7-11-19/h12-19,27H,4-11H2,1-3H3. The van der Waals surface area contributed by atoms with Crippen molar-refractivity contribution in [3.05, 3.63) is 24.3 Å². The molecule has 4 nitrogen and oxygen atoms in total. The molecule has 0 spiro atoms. The number of ether oxygens (including phenoxy) is 2. The lowest BCUT2D eigenvalue weighted by atomic mass is 9.81. The first-order chi connectivity index (χ1) is 15.1. The number of nitrogens with zero attached hydrogens (tertiary/aromatic N) is 2. The van der Waals surface area contributed by atoms with Gasteiger partial charge in [-0.15, -0.1) is 0 Å². The zero-order valence-corrected chi connectivity index (χ0v) is 19.1. The van der Waals surface area contributed by atoms with Gasteiger partial charge in [0, 0.05) is 18.9 Å². The van der Waals surface area contributed by atoms with Crippen LogP contribution in [0.4, 0.5) is 11.4 Å². The average Bonchev–Trinajstić information content (AvgIpc) is 2.79. The van der Waals surface area contributed by atoms with Crippen LogP contribution < -0.4 is 14.4 Å². The van der Waals surface area contributed by atoms with Gasteiger partial charge in [0.05, 0.1) is 22.1 Å². The highest BCUT2D eigenvalue weighted by Gasteiger charge is 2.37. The van der Waals surface area contributed by atoms with Crippen molar-refractivity contribution in [2.45, 2.75) is 71.4 Å². The van der Waals surface area contributed by atoms with Crippen LogP contribution in [-0.2, 0) is 0 Å². The SMILES string of the molecule is CC1CCC(C2=Nc3ccc4c5c(ccc(c35)O2)N(C)C(C2CCC(C)CC2)O4)CC1. The fourth-order valence-electron chi connectivity index (χ4n) is 6.23. The topological polar surface area (TPSA) is 34.1 Å². The second-order valence-corrected chi connectivity index (χ2v) is 10.6. The van der Waals surface area contributed by atoms with Gasteiger partial charge in [0.25, 0.3) is 0 Å². The van der Waals surface area contributed by atoms with Crippen LogP contribution in [0.15, 0.2) is 29.3 Å². The molecule has 4 aliphatic rings. The molecule has 2 saturated carbocycles. The molecule has 2 aliphatic carbocycles. The van der Waals surface area contributed by atoms with Crippen molar-refractivity contribution in [1.29, 1.82) is 0 Å². The molecule has 2 aliphatic heterocycles. The summed E-state index contributed by atoms with van der Waals surface area (Å²) in [6.07, 6.45) is 10.1. The Kier molecular flexibility index (Phi) is 4.66. The van der Waals surface area contributed by atoms with E-state index in [1.165, 1.54) is 57.1 Å². The second-order valence-electron chi connectivity index (χ2n) is 10.6. The molecule has 31 heavy (non-hydrogen) atoms. The first kappa shape index (κ1) is 19.5. The lowest BCUT2D eigenvalue weighted by Crippen LogP contribution is -2.45. The first-order valence-electron chi connectivity index (χ1n) is 12.3. The minimum Gasteiger partial charge on any atom is -0.470 e. The molecule has 0 radical (unpaired) electrons. The van der Waals surface area contributed by atoms with E-state index in [4.69, 9.17) is 14.5 Å². The van der Waals surface area contributed by atoms with Crippen molar-refractivity contribution in [1.82, 2.24) is 0 Å². The van der Waals surface area contributed by atoms with Crippen LogP contribution in [0.3, 0.4) is 0 Å². The summed E-state index contributed by atoms with van der Waals surface area (Å²) in [6.45, 7) is 4.73. The summed E-state index contributed by atoms with van der Waals surface area (Å²) in [5.74, 6) is 5.57. The monoisotopic (exact) mass is 418 g/mol. The van der Waals surface area contributed by atoms with Crippen LogP contribution in [0.1, 0.15) is 65.2 Å². The highest BCUT2D eigenvalue weighted by atomic mass is 16.5. The molecule has 1 unspecified atom stereocenters. The molecule has 4 heteroatoms. The van der Waals surface area contributed by atoms with Crippen LogP contribution in [0.2, 0.25) is 0 Å². The van der Waals surface area contributed by atoms with E-state index in [1.807, 2.05) is 0 Å². The molecule has 0 amide bonds. The summed E-state index contributed by atoms with van der Waals surface area (Å²) in [5, 5.41) is 2.28. The van der Waals surface area contributed by atoms with Crippen molar-refractivity contribution in [3.8, 4) is 11.5 Å². The Bertz CT molecular complexity index is 1030. The van der Waals surface area contributed by atoms with Crippen molar-refractivity contribution in [2.24, 2.45) is 28.7 Å². The summed E-state index contributed by atoms with van der Waals surface area (Å²) < 4.78 is 13.1. The minimum atomic E-state index is 0.118. The van der Waals surface area contributed by atoms with E-state index < -0.39 is 0 Å². The number of hydrogen-bond donors (Lipinski definition) is 0. The summed E-state index contributed by atoms with van der Waals surface area (Å²) in [5.41, 5.74) is 2.29. The largest absolute Gasteiger partial charge is 0.470 e. The van der Waals surface area contributed by atoms with Crippen LogP contribution in [-0.4, -0.2) is 19.2 Å². The fraction of sp³-hybridized carbons (Fsp3) is 0.593. The molecule has 2 heterocycles. The van der Waals surface area contributed by atoms with Gasteiger partial charge in [0.1, 0.15) is 11.5 Å². The molecule has 0 aromatic heterocycles. The Morgan fingerprint density at radius 1 is 0.806 bits per heavy atom. The zero-order chi connectivity index (χ0) is 21.1. The Labute approximate surface area is 185 Å². The van der Waals surface area contributed by atoms with Gasteiger partial charge in [0.15, 0.2) is 12.1 Å². The van der Waals surface area contributed by atoms with Gasteiger partial charge in [-0.05, 0) is 74.6 Å². The maximum absolute atomic E-state index is 6.65. The van der Waals surface area contributed by atoms with Crippen molar-refractivity contribution >= 4 is 28.0 Å². The summed E-state index contributed by atoms with van der Waals surface area (Å²) in [7, 11) is 2.19. The van der Waals surface area contributed by atoms with Gasteiger partial charge in [-0.3, -0.25) is 0 Å². The van der Waals surface area contributed by atoms with E-state index in [9.17, 15) is 0 Å². The van der Waals surface area contributed by atoms with Gasteiger partial charge >= 0.3 is 0 Å². The Morgan fingerprint density at radius 3 is 2.23 bits per heavy atom. The van der Waals surface area contributed by atoms with Gasteiger partial charge < -0.3 is 14.4 Å². The number of aliphatic imine (C=N–C) groups is 1. The molecule has 2 aromatic carbocycles. The second kappa shape index (κ2) is 7.43. The third kappa shape index (κ3) is 3.21. The van der Waals surface area contributed by atoms with Crippen molar-refractivity contribution in [2.75, 3.05) is 11.9 Å². The number of hydrogen-bond acceptors (Lipinski definition) is 4. The van der Waals surface area contributed by atoms with E-state index >= 15 is 0 Å². The molecule has 164 valence electrons. The highest BCUT2D eigenvalue weighted by molar-refractivity contribution is 6.12. The molecule has 1 atom stereocenters. The maximum atomic E-state index is 6.65. The smallest absolute Gasteiger partial charge is 0.198 e. The van der Waals surface area contributed by atoms with E-state index in [2.05, 4.69) is 50.1 Å². The quantitative estimate of drug-likeness (QED) is 0.523. The van der Waals surface area contributed by atoms with E-state index in [1.54, 1.807) is 0 Å². The number of benzene rings is 2. The van der Waals surface area contributed by atoms with E-state index in [0.717, 1.165) is 45.7 Å². The summed E-state index contributed by atoms with van der Waals surface area (Å²) in [6, 6.07) is 8.68. The molecule has 0 saturated heterocycles. The van der Waals surface area contributed by atoms with Crippen LogP contribution in [0.5, 0.6) is 11.5 Å². The van der Waals surface area contributed by atoms with Crippen LogP contribution >= 0.6 is 0 Å². The fourth-order valence-corrected chi connectivity index (χ4v) is 6.23. The van der Waals surface area contributed by atoms with E-state index in [-0.39, 0.29) is 6.23 Å². The normalized spacial score (nSPS) is 32.3. The van der Waals surface area contributed by atoms with Crippen molar-refractivity contribution < 1.29 is 9.47 Å². The van der Waals surface area contributed by atoms with E-state index in [0.29, 0.717) is 11.8 Å². The van der Waals surface area contributed by atoms with Gasteiger partial charge in [-0.1, -0.05) is 26.7 Å². The number of anilines is 1. The van der Waals surface area contributed by atoms with Gasteiger partial charge in [0.2, 0.25) is 0 Å². The molecule has 2 fully saturated rings. The Hall–Kier alpha value is -2.23. The molecular weight excluding hydrogens is 384 g/mol. The molecule has 6 rings (SSSR count). The predicted molar refractivity (Wildman–Crippen MR) is 127 cm³/mol. The summed E-state index contributed by atoms with van der Waals surface area (Å²) in [4.78, 5) is 7.37. The zero-order valence-electron chi connectivity index (χ0n) is 19.1. The average molecular weight is 419 g/mol. The van der Waals surface area contributed by atoms with Gasteiger partial charge in [-0.25, -0.2) is 4.99 Å². The lowest BCUT2D eigenvalue weighted by molar-refractivity contribution is 0.0954. The Morgan fingerprint density at radius 2 is 1.48 bits per heavy atom. The first-order valence-corrected chi connectivity index (χ1v) is 12.3. The molecular formula is C27H34N2O2. The maximum Gasteiger partial charge on any atom is 0.198 e. The third-order valence-corrected chi connectivity index (χ3v) is 8.32. The minimum absolute atomic E-state index is 0.118. The third-order valence-electron chi connectivity index (χ3n) is 8.32. The van der Waals surface area contributed by atoms with Crippen LogP contribution in [0.25, 0.3) is 10.8 Å².